The van der Waals surface area contributed by atoms with Crippen LogP contribution in [0, 0.1) is 11.3 Å². The number of nitrogens with zero attached hydrogens (tertiary/aromatic N) is 3. The minimum Gasteiger partial charge on any atom is -0.744 e. The summed E-state index contributed by atoms with van der Waals surface area (Å²) in [6.45, 7) is 0.150. The molecule has 1 aliphatic carbocycles. The molecule has 0 radical (unpaired) electrons. The molecule has 2 aliphatic rings. The zero-order chi connectivity index (χ0) is 36.1. The number of carbonyl (C=O) groups excluding carboxylic acids is 1. The first-order chi connectivity index (χ1) is 24.4. The van der Waals surface area contributed by atoms with Gasteiger partial charge in [-0.2, -0.15) is 9.60 Å². The van der Waals surface area contributed by atoms with E-state index in [1.807, 2.05) is 0 Å². The van der Waals surface area contributed by atoms with Crippen molar-refractivity contribution in [1.82, 2.24) is 9.71 Å². The maximum Gasteiger partial charge on any atom is 1.00 e. The van der Waals surface area contributed by atoms with Crippen molar-refractivity contribution in [1.29, 1.82) is 5.26 Å². The molecule has 2 heterocycles. The predicted molar refractivity (Wildman–Crippen MR) is 182 cm³/mol. The maximum atomic E-state index is 14.4. The van der Waals surface area contributed by atoms with Gasteiger partial charge in [0.2, 0.25) is 0 Å². The van der Waals surface area contributed by atoms with E-state index >= 15 is 0 Å². The Kier molecular flexibility index (Phi) is 12.3. The number of para-hydroxylation sites is 1. The van der Waals surface area contributed by atoms with Crippen LogP contribution in [-0.4, -0.2) is 44.5 Å². The number of nitriles is 1. The van der Waals surface area contributed by atoms with Crippen molar-refractivity contribution in [3.05, 3.63) is 89.5 Å². The number of carbonyl (C=O) groups is 1. The van der Waals surface area contributed by atoms with Crippen LogP contribution in [0.1, 0.15) is 27.9 Å². The van der Waals surface area contributed by atoms with E-state index in [1.54, 1.807) is 48.5 Å². The Labute approximate surface area is 350 Å². The van der Waals surface area contributed by atoms with E-state index in [2.05, 4.69) is 35.8 Å². The fraction of sp³-hybridized carbons (Fsp3) is 0.0625. The van der Waals surface area contributed by atoms with Crippen molar-refractivity contribution in [2.45, 2.75) is 21.1 Å². The number of hydrogen-bond donors (Lipinski definition) is 4. The molecule has 0 unspecified atom stereocenters. The second kappa shape index (κ2) is 16.0. The number of aliphatic imine (C=N–C) groups is 1. The summed E-state index contributed by atoms with van der Waals surface area (Å²) in [7, 11) is -9.15. The van der Waals surface area contributed by atoms with Crippen LogP contribution in [0.2, 0.25) is 0 Å². The van der Waals surface area contributed by atoms with Crippen LogP contribution in [0.15, 0.2) is 92.5 Å². The number of aromatic nitrogens is 1. The molecule has 0 saturated carbocycles. The molecule has 1 aliphatic heterocycles. The summed E-state index contributed by atoms with van der Waals surface area (Å²) in [6, 6.07) is 20.1. The Balaban J connectivity index is 0.00000271. The van der Waals surface area contributed by atoms with Gasteiger partial charge in [-0.3, -0.25) is 14.6 Å². The molecule has 16 nitrogen and oxygen atoms in total. The number of pyridine rings is 1. The van der Waals surface area contributed by atoms with Gasteiger partial charge in [-0.15, -0.1) is 0 Å². The Hall–Kier alpha value is -3.59. The van der Waals surface area contributed by atoms with Gasteiger partial charge in [0.15, 0.2) is 11.6 Å². The van der Waals surface area contributed by atoms with E-state index in [0.29, 0.717) is 34.1 Å². The normalized spacial score (nSPS) is 13.6. The number of sulfonamides is 1. The van der Waals surface area contributed by atoms with Crippen LogP contribution in [0.4, 0.5) is 28.6 Å². The second-order valence-electron chi connectivity index (χ2n) is 11.0. The van der Waals surface area contributed by atoms with E-state index in [9.17, 15) is 36.7 Å². The van der Waals surface area contributed by atoms with Gasteiger partial charge in [-0.05, 0) is 42.0 Å². The molecule has 258 valence electrons. The minimum absolute atomic E-state index is 0. The van der Waals surface area contributed by atoms with Gasteiger partial charge < -0.3 is 26.2 Å². The van der Waals surface area contributed by atoms with Gasteiger partial charge in [0, 0.05) is 23.1 Å². The maximum absolute atomic E-state index is 14.4. The van der Waals surface area contributed by atoms with Crippen LogP contribution >= 0.6 is 12.0 Å². The fourth-order valence-electron chi connectivity index (χ4n) is 5.96. The number of ketones is 1. The fourth-order valence-corrected chi connectivity index (χ4v) is 8.27. The summed E-state index contributed by atoms with van der Waals surface area (Å²) in [4.78, 5) is 22.9. The van der Waals surface area contributed by atoms with E-state index in [1.165, 1.54) is 12.1 Å². The summed E-state index contributed by atoms with van der Waals surface area (Å²) >= 11 is 0.290. The zero-order valence-corrected chi connectivity index (χ0v) is 34.1. The van der Waals surface area contributed by atoms with E-state index in [4.69, 9.17) is 10.7 Å². The first-order valence-corrected chi connectivity index (χ1v) is 18.3. The average Bonchev–Trinajstić information content (AvgIpc) is 3.09. The minimum atomic E-state index is -5.04. The summed E-state index contributed by atoms with van der Waals surface area (Å²) in [5.74, 6) is -0.331. The van der Waals surface area contributed by atoms with Crippen LogP contribution in [0.25, 0.3) is 22.0 Å². The largest absolute Gasteiger partial charge is 1.00 e. The average molecular weight is 790 g/mol. The summed E-state index contributed by atoms with van der Waals surface area (Å²) < 4.78 is 69.6. The van der Waals surface area contributed by atoms with Gasteiger partial charge in [0.05, 0.1) is 73.7 Å². The third kappa shape index (κ3) is 7.56. The Bertz CT molecular complexity index is 2620. The molecule has 0 bridgehead atoms. The van der Waals surface area contributed by atoms with Crippen LogP contribution in [0.3, 0.4) is 0 Å². The van der Waals surface area contributed by atoms with Crippen molar-refractivity contribution in [3.8, 4) is 17.2 Å². The Morgan fingerprint density at radius 1 is 0.981 bits per heavy atom. The van der Waals surface area contributed by atoms with Crippen molar-refractivity contribution < 1.29 is 99.9 Å². The standard InChI is InChI=1S/C32H23N7O9S3.2Na/c33-12-5-13-35-31-29(32-37-19-8-3-4-9-24(19)50(42,43)39-32)26-16-6-1-2-7-17(16)30(40)28-21(11-10-20(38-31)27(26)28)36-22-14-18(34)25(51(44,45)46)15-23(22)49-48-47-41;;/h1-4,6-11,14-15,36,41H,5,13,34H2,(H,35,38)(H,37,39)(H,44,45,46);;/q;2*+1/p-2. The monoisotopic (exact) mass is 789 g/mol. The number of amidine groups is 1. The van der Waals surface area contributed by atoms with Gasteiger partial charge in [0.25, 0.3) is 10.0 Å². The smallest absolute Gasteiger partial charge is 0.744 e. The molecule has 0 amide bonds. The molecular formula is C32H21N7Na2O9S3. The number of hydrogen-bond acceptors (Lipinski definition) is 16. The molecule has 5 aromatic rings. The second-order valence-corrected chi connectivity index (χ2v) is 14.8. The number of nitrogens with one attached hydrogen (secondary N) is 3. The molecular weight excluding hydrogens is 769 g/mol. The first kappa shape index (κ1) is 40.6. The summed E-state index contributed by atoms with van der Waals surface area (Å²) in [5, 5.41) is 29.8. The molecule has 0 fully saturated rings. The van der Waals surface area contributed by atoms with Gasteiger partial charge in [-0.1, -0.05) is 36.4 Å². The molecule has 53 heavy (non-hydrogen) atoms. The number of nitrogen functional groups attached to an aromatic ring is 1. The third-order valence-electron chi connectivity index (χ3n) is 8.01. The van der Waals surface area contributed by atoms with E-state index in [0.717, 1.165) is 12.1 Å². The number of fused-ring (bicyclic) bond motifs is 3. The van der Waals surface area contributed by atoms with Crippen LogP contribution in [0.5, 0.6) is 0 Å². The van der Waals surface area contributed by atoms with Crippen molar-refractivity contribution in [3.63, 3.8) is 0 Å². The number of nitrogens with two attached hydrogens (primary N) is 1. The van der Waals surface area contributed by atoms with Gasteiger partial charge in [-0.25, -0.2) is 26.8 Å². The molecule has 0 atom stereocenters. The summed E-state index contributed by atoms with van der Waals surface area (Å²) in [6.07, 6.45) is 0.0930. The van der Waals surface area contributed by atoms with Gasteiger partial charge in [0.1, 0.15) is 20.8 Å². The molecule has 5 N–H and O–H groups in total. The van der Waals surface area contributed by atoms with Crippen LogP contribution < -0.4 is 85.5 Å². The van der Waals surface area contributed by atoms with E-state index in [-0.39, 0.29) is 127 Å². The number of benzene rings is 4. The molecule has 0 saturated heterocycles. The Morgan fingerprint density at radius 2 is 1.70 bits per heavy atom. The van der Waals surface area contributed by atoms with Gasteiger partial charge >= 0.3 is 59.1 Å². The van der Waals surface area contributed by atoms with Crippen molar-refractivity contribution in [2.24, 2.45) is 4.99 Å². The first-order valence-electron chi connectivity index (χ1n) is 14.7. The van der Waals surface area contributed by atoms with Crippen LogP contribution in [-0.2, 0) is 29.5 Å². The quantitative estimate of drug-likeness (QED) is 0.0215. The molecule has 4 aromatic carbocycles. The molecule has 0 spiro atoms. The Morgan fingerprint density at radius 3 is 2.42 bits per heavy atom. The predicted octanol–water partition coefficient (Wildman–Crippen LogP) is -2.39. The van der Waals surface area contributed by atoms with E-state index < -0.39 is 36.5 Å². The number of anilines is 4. The van der Waals surface area contributed by atoms with Crippen molar-refractivity contribution in [2.75, 3.05) is 22.9 Å². The topological polar surface area (TPSA) is 261 Å². The zero-order valence-electron chi connectivity index (χ0n) is 27.7. The number of rotatable bonds is 10. The molecule has 21 heteroatoms. The summed E-state index contributed by atoms with van der Waals surface area (Å²) in [5.41, 5.74) is 7.61. The third-order valence-corrected chi connectivity index (χ3v) is 10.9. The SMILES string of the molecule is N#CCCNc1nc2ccc(Nc3cc(N)c(S(=O)(=O)[O-])cc3SOO[O-])c3c2c(c1C1=Nc2ccccc2S(=O)(=O)N1)-c1ccccc1C3=O.[Na+].[Na+]. The van der Waals surface area contributed by atoms with Crippen molar-refractivity contribution >= 4 is 83.3 Å². The molecule has 7 rings (SSSR count). The molecule has 1 aromatic heterocycles.